The van der Waals surface area contributed by atoms with E-state index >= 15 is 0 Å². The molecule has 0 unspecified atom stereocenters. The van der Waals surface area contributed by atoms with Crippen molar-refractivity contribution in [2.24, 2.45) is 5.41 Å². The van der Waals surface area contributed by atoms with Crippen molar-refractivity contribution in [1.82, 2.24) is 4.90 Å². The number of halogens is 6. The quantitative estimate of drug-likeness (QED) is 0.472. The van der Waals surface area contributed by atoms with Crippen molar-refractivity contribution < 1.29 is 31.3 Å². The second-order valence-electron chi connectivity index (χ2n) is 5.09. The molecule has 1 saturated heterocycles. The molecule has 0 saturated carbocycles. The van der Waals surface area contributed by atoms with Gasteiger partial charge in [-0.2, -0.15) is 26.3 Å². The van der Waals surface area contributed by atoms with Crippen LogP contribution < -0.4 is 0 Å². The van der Waals surface area contributed by atoms with Crippen LogP contribution in [0.3, 0.4) is 0 Å². The van der Waals surface area contributed by atoms with Crippen LogP contribution in [0.2, 0.25) is 0 Å². The van der Waals surface area contributed by atoms with Gasteiger partial charge in [0.25, 0.3) is 0 Å². The molecule has 0 bridgehead atoms. The summed E-state index contributed by atoms with van der Waals surface area (Å²) in [6.45, 7) is -1.75. The van der Waals surface area contributed by atoms with E-state index in [-0.39, 0.29) is 18.1 Å². The van der Waals surface area contributed by atoms with E-state index < -0.39 is 35.7 Å². The van der Waals surface area contributed by atoms with Gasteiger partial charge in [0.1, 0.15) is 0 Å². The van der Waals surface area contributed by atoms with E-state index in [2.05, 4.69) is 0 Å². The Kier molecular flexibility index (Phi) is 4.15. The van der Waals surface area contributed by atoms with Crippen molar-refractivity contribution in [3.8, 4) is 0 Å². The lowest BCUT2D eigenvalue weighted by Crippen LogP contribution is -2.51. The van der Waals surface area contributed by atoms with Gasteiger partial charge in [-0.3, -0.25) is 15.0 Å². The normalized spacial score (nSPS) is 19.5. The Labute approximate surface area is 124 Å². The average Bonchev–Trinajstić information content (AvgIpc) is 2.94. The summed E-state index contributed by atoms with van der Waals surface area (Å²) >= 11 is 0.782. The third kappa shape index (κ3) is 2.91. The molecule has 1 aliphatic heterocycles. The Bertz CT molecular complexity index is 554. The number of rotatable bonds is 3. The zero-order chi connectivity index (χ0) is 16.8. The first-order valence-electron chi connectivity index (χ1n) is 6.04. The maximum Gasteiger partial charge on any atom is 0.404 e. The molecule has 0 atom stereocenters. The lowest BCUT2D eigenvalue weighted by atomic mass is 9.85. The smallest absolute Gasteiger partial charge is 0.298 e. The Balaban J connectivity index is 2.15. The highest BCUT2D eigenvalue weighted by molar-refractivity contribution is 7.13. The number of nitrogens with zero attached hydrogens (tertiary/aromatic N) is 2. The van der Waals surface area contributed by atoms with Gasteiger partial charge in [-0.25, -0.2) is 0 Å². The highest BCUT2D eigenvalue weighted by atomic mass is 32.1. The minimum absolute atomic E-state index is 0.182. The average molecular weight is 348 g/mol. The van der Waals surface area contributed by atoms with E-state index in [0.717, 1.165) is 22.3 Å². The largest absolute Gasteiger partial charge is 0.404 e. The fourth-order valence-electron chi connectivity index (χ4n) is 2.45. The van der Waals surface area contributed by atoms with Crippen molar-refractivity contribution in [2.75, 3.05) is 13.1 Å². The number of thiophene rings is 1. The van der Waals surface area contributed by atoms with E-state index in [4.69, 9.17) is 0 Å². The summed E-state index contributed by atoms with van der Waals surface area (Å²) in [4.78, 5) is 10.9. The highest BCUT2D eigenvalue weighted by Gasteiger charge is 2.72. The van der Waals surface area contributed by atoms with E-state index in [1.807, 2.05) is 0 Å². The molecule has 0 N–H and O–H groups in total. The summed E-state index contributed by atoms with van der Waals surface area (Å²) < 4.78 is 77.4. The third-order valence-corrected chi connectivity index (χ3v) is 4.59. The Morgan fingerprint density at radius 3 is 2.27 bits per heavy atom. The minimum atomic E-state index is -5.39. The number of alkyl halides is 6. The fourth-order valence-corrected chi connectivity index (χ4v) is 3.17. The zero-order valence-electron chi connectivity index (χ0n) is 10.9. The van der Waals surface area contributed by atoms with Crippen LogP contribution in [0.4, 0.5) is 31.3 Å². The maximum absolute atomic E-state index is 12.9. The number of likely N-dealkylation sites (tertiary alicyclic amines) is 1. The van der Waals surface area contributed by atoms with E-state index in [1.165, 1.54) is 5.38 Å². The van der Waals surface area contributed by atoms with Gasteiger partial charge < -0.3 is 0 Å². The first kappa shape index (κ1) is 17.0. The van der Waals surface area contributed by atoms with Crippen LogP contribution in [0.5, 0.6) is 0 Å². The van der Waals surface area contributed by atoms with Gasteiger partial charge in [0.2, 0.25) is 0 Å². The molecule has 0 radical (unpaired) electrons. The molecule has 0 aliphatic carbocycles. The number of hydrogen-bond donors (Lipinski definition) is 0. The summed E-state index contributed by atoms with van der Waals surface area (Å²) in [5.41, 5.74) is -3.40. The molecule has 4 nitrogen and oxygen atoms in total. The summed E-state index contributed by atoms with van der Waals surface area (Å²) in [5.74, 6) is 0. The van der Waals surface area contributed by atoms with Crippen LogP contribution in [-0.2, 0) is 6.54 Å². The molecule has 1 aromatic heterocycles. The van der Waals surface area contributed by atoms with Crippen molar-refractivity contribution >= 4 is 16.3 Å². The molecule has 22 heavy (non-hydrogen) atoms. The molecule has 0 aromatic carbocycles. The van der Waals surface area contributed by atoms with Gasteiger partial charge in [-0.1, -0.05) is 11.3 Å². The molecule has 2 heterocycles. The third-order valence-electron chi connectivity index (χ3n) is 3.66. The minimum Gasteiger partial charge on any atom is -0.298 e. The van der Waals surface area contributed by atoms with Gasteiger partial charge >= 0.3 is 17.4 Å². The molecular formula is C11H10F6N2O2S. The first-order chi connectivity index (χ1) is 9.96. The van der Waals surface area contributed by atoms with Crippen molar-refractivity contribution in [2.45, 2.75) is 25.3 Å². The summed E-state index contributed by atoms with van der Waals surface area (Å²) in [6.07, 6.45) is -11.8. The Morgan fingerprint density at radius 1 is 1.27 bits per heavy atom. The molecule has 1 aliphatic rings. The van der Waals surface area contributed by atoms with Crippen molar-refractivity contribution in [3.05, 3.63) is 27.1 Å². The number of nitro groups is 1. The molecule has 0 amide bonds. The predicted molar refractivity (Wildman–Crippen MR) is 65.4 cm³/mol. The molecule has 0 spiro atoms. The maximum atomic E-state index is 12.9. The van der Waals surface area contributed by atoms with E-state index in [9.17, 15) is 36.5 Å². The molecule has 1 aromatic rings. The summed E-state index contributed by atoms with van der Waals surface area (Å²) in [7, 11) is 0. The zero-order valence-corrected chi connectivity index (χ0v) is 11.7. The standard InChI is InChI=1S/C11H10F6N2O2S/c12-10(13,14)9(11(15,16)17)1-2-18(6-9)4-7-3-8(19(20)21)22-5-7/h3,5H,1-2,4,6H2. The van der Waals surface area contributed by atoms with Crippen molar-refractivity contribution in [1.29, 1.82) is 0 Å². The summed E-state index contributed by atoms with van der Waals surface area (Å²) in [5, 5.41) is 11.7. The molecular weight excluding hydrogens is 338 g/mol. The van der Waals surface area contributed by atoms with Crippen molar-refractivity contribution in [3.63, 3.8) is 0 Å². The van der Waals surface area contributed by atoms with Crippen LogP contribution in [-0.4, -0.2) is 35.3 Å². The van der Waals surface area contributed by atoms with Gasteiger partial charge in [0.05, 0.1) is 4.92 Å². The van der Waals surface area contributed by atoms with E-state index in [0.29, 0.717) is 5.56 Å². The highest BCUT2D eigenvalue weighted by Crippen LogP contribution is 2.55. The second kappa shape index (κ2) is 5.37. The van der Waals surface area contributed by atoms with Gasteiger partial charge in [-0.05, 0) is 18.5 Å². The van der Waals surface area contributed by atoms with Gasteiger partial charge in [0, 0.05) is 24.5 Å². The van der Waals surface area contributed by atoms with Crippen LogP contribution in [0.25, 0.3) is 0 Å². The fraction of sp³-hybridized carbons (Fsp3) is 0.636. The van der Waals surface area contributed by atoms with Crippen LogP contribution >= 0.6 is 11.3 Å². The Hall–Kier alpha value is -1.36. The lowest BCUT2D eigenvalue weighted by Gasteiger charge is -2.33. The Morgan fingerprint density at radius 2 is 1.86 bits per heavy atom. The number of hydrogen-bond acceptors (Lipinski definition) is 4. The first-order valence-corrected chi connectivity index (χ1v) is 6.92. The van der Waals surface area contributed by atoms with Crippen LogP contribution in [0.15, 0.2) is 11.4 Å². The van der Waals surface area contributed by atoms with E-state index in [1.54, 1.807) is 0 Å². The SMILES string of the molecule is O=[N+]([O-])c1cc(CN2CCC(C(F)(F)F)(C(F)(F)F)C2)cs1. The lowest BCUT2D eigenvalue weighted by molar-refractivity contribution is -0.380. The molecule has 124 valence electrons. The monoisotopic (exact) mass is 348 g/mol. The molecule has 2 rings (SSSR count). The van der Waals surface area contributed by atoms with Gasteiger partial charge in [-0.15, -0.1) is 0 Å². The molecule has 11 heteroatoms. The second-order valence-corrected chi connectivity index (χ2v) is 5.98. The molecule has 1 fully saturated rings. The van der Waals surface area contributed by atoms with Gasteiger partial charge in [0.15, 0.2) is 5.41 Å². The van der Waals surface area contributed by atoms with Crippen LogP contribution in [0, 0.1) is 15.5 Å². The summed E-state index contributed by atoms with van der Waals surface area (Å²) in [6, 6.07) is 1.16. The topological polar surface area (TPSA) is 46.4 Å². The predicted octanol–water partition coefficient (Wildman–Crippen LogP) is 3.97. The van der Waals surface area contributed by atoms with Crippen LogP contribution in [0.1, 0.15) is 12.0 Å².